The fourth-order valence-electron chi connectivity index (χ4n) is 1.74. The van der Waals surface area contributed by atoms with E-state index in [4.69, 9.17) is 23.2 Å². The zero-order valence-electron chi connectivity index (χ0n) is 9.55. The molecule has 0 amide bonds. The third-order valence-corrected chi connectivity index (χ3v) is 3.15. The van der Waals surface area contributed by atoms with E-state index in [9.17, 15) is 0 Å². The van der Waals surface area contributed by atoms with Gasteiger partial charge in [-0.2, -0.15) is 0 Å². The Balaban J connectivity index is 0. The summed E-state index contributed by atoms with van der Waals surface area (Å²) in [6.45, 7) is 0. The number of fused-ring (bicyclic) bond motifs is 3. The van der Waals surface area contributed by atoms with Crippen LogP contribution in [0.15, 0.2) is 36.5 Å². The van der Waals surface area contributed by atoms with Gasteiger partial charge < -0.3 is 37.2 Å². The summed E-state index contributed by atoms with van der Waals surface area (Å²) in [6, 6.07) is 9.57. The first kappa shape index (κ1) is 22.5. The Bertz CT molecular complexity index is 708. The Morgan fingerprint density at radius 2 is 1.65 bits per heavy atom. The van der Waals surface area contributed by atoms with Crippen molar-refractivity contribution in [3.8, 4) is 0 Å². The van der Waals surface area contributed by atoms with E-state index >= 15 is 0 Å². The molecule has 20 heavy (non-hydrogen) atoms. The second kappa shape index (κ2) is 9.29. The van der Waals surface area contributed by atoms with Gasteiger partial charge in [-0.1, -0.05) is 29.3 Å². The van der Waals surface area contributed by atoms with Crippen molar-refractivity contribution < 1.29 is 59.6 Å². The Labute approximate surface area is 160 Å². The molecule has 0 unspecified atom stereocenters. The predicted molar refractivity (Wildman–Crippen MR) is 67.1 cm³/mol. The van der Waals surface area contributed by atoms with Crippen LogP contribution in [0.25, 0.3) is 21.8 Å². The van der Waals surface area contributed by atoms with Gasteiger partial charge in [-0.3, -0.25) is 4.98 Å². The molecule has 0 aliphatic heterocycles. The monoisotopic (exact) mass is 550 g/mol. The van der Waals surface area contributed by atoms with Crippen LogP contribution in [0, 0.1) is 0 Å². The molecule has 0 bridgehead atoms. The number of halogens is 5. The van der Waals surface area contributed by atoms with Crippen LogP contribution in [-0.2, 0) is 22.4 Å². The van der Waals surface area contributed by atoms with Gasteiger partial charge in [0.05, 0.1) is 16.1 Å². The van der Waals surface area contributed by atoms with Crippen molar-refractivity contribution in [1.82, 2.24) is 9.97 Å². The minimum atomic E-state index is 0. The molecule has 0 fully saturated rings. The van der Waals surface area contributed by atoms with Crippen LogP contribution in [-0.4, -0.2) is 9.97 Å². The molecule has 0 saturated carbocycles. The van der Waals surface area contributed by atoms with Crippen molar-refractivity contribution >= 4 is 45.0 Å². The molecule has 0 radical (unpaired) electrons. The van der Waals surface area contributed by atoms with Crippen LogP contribution < -0.4 is 37.2 Å². The van der Waals surface area contributed by atoms with Crippen molar-refractivity contribution in [3.63, 3.8) is 0 Å². The van der Waals surface area contributed by atoms with Crippen LogP contribution in [0.1, 0.15) is 0 Å². The van der Waals surface area contributed by atoms with Gasteiger partial charge in [0.15, 0.2) is 0 Å². The fraction of sp³-hybridized carbons (Fsp3) is 0. The van der Waals surface area contributed by atoms with E-state index in [0.29, 0.717) is 10.2 Å². The Morgan fingerprint density at radius 1 is 0.950 bits per heavy atom. The van der Waals surface area contributed by atoms with Gasteiger partial charge in [0.2, 0.25) is 0 Å². The molecule has 0 aliphatic carbocycles. The van der Waals surface area contributed by atoms with Gasteiger partial charge in [-0.05, 0) is 24.3 Å². The average Bonchev–Trinajstić information content (AvgIpc) is 2.31. The van der Waals surface area contributed by atoms with E-state index in [-0.39, 0.29) is 59.6 Å². The molecule has 2 heterocycles. The molecule has 3 rings (SSSR count). The second-order valence-electron chi connectivity index (χ2n) is 3.47. The van der Waals surface area contributed by atoms with Gasteiger partial charge in [0.25, 0.3) is 0 Å². The molecule has 0 saturated heterocycles. The summed E-state index contributed by atoms with van der Waals surface area (Å²) < 4.78 is 0. The summed E-state index contributed by atoms with van der Waals surface area (Å²) in [4.78, 5) is 8.56. The Morgan fingerprint density at radius 3 is 2.35 bits per heavy atom. The van der Waals surface area contributed by atoms with Crippen LogP contribution >= 0.6 is 23.2 Å². The first-order valence-electron chi connectivity index (χ1n) is 4.75. The molecule has 0 atom stereocenters. The van der Waals surface area contributed by atoms with E-state index in [1.165, 1.54) is 0 Å². The zero-order valence-corrected chi connectivity index (χ0v) is 15.5. The third-order valence-electron chi connectivity index (χ3n) is 2.48. The molecule has 2 aromatic heterocycles. The number of pyridine rings is 2. The molecule has 2 nitrogen and oxygen atoms in total. The largest absolute Gasteiger partial charge is 3.00 e. The second-order valence-corrected chi connectivity index (χ2v) is 4.23. The van der Waals surface area contributed by atoms with E-state index in [2.05, 4.69) is 9.97 Å². The molecule has 0 aliphatic rings. The summed E-state index contributed by atoms with van der Waals surface area (Å²) in [5.41, 5.74) is 1.74. The zero-order chi connectivity index (χ0) is 11.1. The number of aromatic nitrogens is 2. The normalized spacial score (nSPS) is 8.90. The van der Waals surface area contributed by atoms with E-state index < -0.39 is 0 Å². The minimum absolute atomic E-state index is 0. The summed E-state index contributed by atoms with van der Waals surface area (Å²) in [5.74, 6) is 0. The molecule has 8 heteroatoms. The molecule has 1 aromatic carbocycles. The minimum Gasteiger partial charge on any atom is -1.00 e. The van der Waals surface area contributed by atoms with Crippen LogP contribution in [0.3, 0.4) is 0 Å². The summed E-state index contributed by atoms with van der Waals surface area (Å²) in [5, 5.41) is 2.75. The number of benzene rings is 1. The Hall–Kier alpha value is 0.230. The molecule has 0 spiro atoms. The van der Waals surface area contributed by atoms with Crippen molar-refractivity contribution in [3.05, 3.63) is 46.7 Å². The summed E-state index contributed by atoms with van der Waals surface area (Å²) >= 11 is 11.9. The third kappa shape index (κ3) is 4.12. The number of nitrogens with zero attached hydrogens (tertiary/aromatic N) is 2. The fourth-order valence-corrected chi connectivity index (χ4v) is 2.04. The van der Waals surface area contributed by atoms with Crippen molar-refractivity contribution in [2.75, 3.05) is 0 Å². The maximum absolute atomic E-state index is 5.93. The molecule has 110 valence electrons. The molecule has 3 aromatic rings. The van der Waals surface area contributed by atoms with Crippen LogP contribution in [0.4, 0.5) is 0 Å². The van der Waals surface area contributed by atoms with Crippen molar-refractivity contribution in [1.29, 1.82) is 0 Å². The van der Waals surface area contributed by atoms with Gasteiger partial charge in [-0.25, -0.2) is 4.98 Å². The Kier molecular flexibility index (Phi) is 10.5. The van der Waals surface area contributed by atoms with Gasteiger partial charge >= 0.3 is 22.4 Å². The standard InChI is InChI=1S/C12H6Cl2N2.Au.3ClH/c13-9-6-7-3-4-10-8(2-1-5-15-10)11(7)16-12(9)14;;;;/h1-6H;;3*1H/q;+3;;;/p-3. The summed E-state index contributed by atoms with van der Waals surface area (Å²) in [6.07, 6.45) is 1.76. The number of rotatable bonds is 0. The smallest absolute Gasteiger partial charge is 1.00 e. The first-order chi connectivity index (χ1) is 7.75. The van der Waals surface area contributed by atoms with E-state index in [1.54, 1.807) is 6.20 Å². The van der Waals surface area contributed by atoms with Gasteiger partial charge in [-0.15, -0.1) is 0 Å². The van der Waals surface area contributed by atoms with Gasteiger partial charge in [0.1, 0.15) is 5.15 Å². The molecular formula is C12H6AuCl5N2. The SMILES string of the molecule is Clc1cc2ccc3ncccc3c2nc1Cl.[Au+3].[Cl-].[Cl-].[Cl-]. The summed E-state index contributed by atoms with van der Waals surface area (Å²) in [7, 11) is 0. The topological polar surface area (TPSA) is 25.8 Å². The van der Waals surface area contributed by atoms with E-state index in [1.807, 2.05) is 30.3 Å². The maximum Gasteiger partial charge on any atom is 3.00 e. The molecular weight excluding hydrogens is 546 g/mol. The number of hydrogen-bond acceptors (Lipinski definition) is 2. The van der Waals surface area contributed by atoms with E-state index in [0.717, 1.165) is 21.8 Å². The van der Waals surface area contributed by atoms with Gasteiger partial charge in [0, 0.05) is 17.0 Å². The predicted octanol–water partition coefficient (Wildman–Crippen LogP) is -4.90. The molecule has 0 N–H and O–H groups in total. The van der Waals surface area contributed by atoms with Crippen molar-refractivity contribution in [2.45, 2.75) is 0 Å². The quantitative estimate of drug-likeness (QED) is 0.159. The van der Waals surface area contributed by atoms with Crippen molar-refractivity contribution in [2.24, 2.45) is 0 Å². The van der Waals surface area contributed by atoms with Crippen LogP contribution in [0.5, 0.6) is 0 Å². The average molecular weight is 552 g/mol. The first-order valence-corrected chi connectivity index (χ1v) is 5.51. The van der Waals surface area contributed by atoms with Crippen LogP contribution in [0.2, 0.25) is 10.2 Å². The maximum atomic E-state index is 5.93. The number of hydrogen-bond donors (Lipinski definition) is 0.